The second-order valence-electron chi connectivity index (χ2n) is 8.80. The molecule has 2 aromatic carbocycles. The largest absolute Gasteiger partial charge is 0.282 e. The number of fused-ring (bicyclic) bond motifs is 1. The van der Waals surface area contributed by atoms with Crippen molar-refractivity contribution in [3.63, 3.8) is 0 Å². The fourth-order valence-corrected chi connectivity index (χ4v) is 7.05. The molecule has 3 heterocycles. The number of hydrogen-bond acceptors (Lipinski definition) is 6. The van der Waals surface area contributed by atoms with E-state index >= 15 is 0 Å². The van der Waals surface area contributed by atoms with Gasteiger partial charge in [0.25, 0.3) is 0 Å². The lowest BCUT2D eigenvalue weighted by Crippen LogP contribution is -2.44. The van der Waals surface area contributed by atoms with Crippen LogP contribution in [0.3, 0.4) is 0 Å². The predicted octanol–water partition coefficient (Wildman–Crippen LogP) is 5.29. The summed E-state index contributed by atoms with van der Waals surface area (Å²) < 4.78 is 28.6. The summed E-state index contributed by atoms with van der Waals surface area (Å²) in [6.45, 7) is 2.87. The molecule has 1 saturated heterocycles. The van der Waals surface area contributed by atoms with Crippen molar-refractivity contribution in [2.24, 2.45) is 5.92 Å². The third-order valence-corrected chi connectivity index (χ3v) is 9.62. The first-order valence-corrected chi connectivity index (χ1v) is 14.3. The Labute approximate surface area is 219 Å². The van der Waals surface area contributed by atoms with Crippen LogP contribution in [0.25, 0.3) is 10.2 Å². The molecule has 0 bridgehead atoms. The van der Waals surface area contributed by atoms with E-state index < -0.39 is 10.0 Å². The minimum absolute atomic E-state index is 0.0547. The summed E-state index contributed by atoms with van der Waals surface area (Å²) in [5.41, 5.74) is 2.71. The van der Waals surface area contributed by atoms with Crippen LogP contribution >= 0.6 is 22.9 Å². The van der Waals surface area contributed by atoms with E-state index in [-0.39, 0.29) is 29.8 Å². The third kappa shape index (κ3) is 5.01. The Kier molecular flexibility index (Phi) is 7.07. The number of carbonyl (C=O) groups excluding carboxylic acids is 1. The minimum Gasteiger partial charge on any atom is -0.282 e. The number of anilines is 1. The Morgan fingerprint density at radius 1 is 1.08 bits per heavy atom. The van der Waals surface area contributed by atoms with Crippen LogP contribution in [0.4, 0.5) is 5.13 Å². The number of pyridine rings is 1. The molecule has 1 amide bonds. The van der Waals surface area contributed by atoms with Crippen LogP contribution in [0.2, 0.25) is 5.02 Å². The lowest BCUT2D eigenvalue weighted by Gasteiger charge is -2.33. The summed E-state index contributed by atoms with van der Waals surface area (Å²) in [5, 5.41) is 1.11. The normalized spacial score (nSPS) is 15.3. The third-order valence-electron chi connectivity index (χ3n) is 6.41. The average Bonchev–Trinajstić information content (AvgIpc) is 3.33. The van der Waals surface area contributed by atoms with Gasteiger partial charge in [-0.25, -0.2) is 13.4 Å². The second kappa shape index (κ2) is 10.3. The molecular formula is C26H25ClN4O3S2. The molecule has 4 aromatic rings. The monoisotopic (exact) mass is 540 g/mol. The number of piperidine rings is 1. The van der Waals surface area contributed by atoms with E-state index in [1.165, 1.54) is 27.8 Å². The van der Waals surface area contributed by atoms with Crippen molar-refractivity contribution in [2.75, 3.05) is 18.0 Å². The Morgan fingerprint density at radius 3 is 2.50 bits per heavy atom. The van der Waals surface area contributed by atoms with Crippen LogP contribution in [0.15, 0.2) is 71.8 Å². The van der Waals surface area contributed by atoms with E-state index in [2.05, 4.69) is 4.98 Å². The van der Waals surface area contributed by atoms with E-state index in [1.807, 2.05) is 43.3 Å². The first-order valence-electron chi connectivity index (χ1n) is 11.7. The number of nitrogens with zero attached hydrogens (tertiary/aromatic N) is 4. The number of amides is 1. The number of hydrogen-bond donors (Lipinski definition) is 0. The summed E-state index contributed by atoms with van der Waals surface area (Å²) in [6.07, 6.45) is 2.59. The van der Waals surface area contributed by atoms with E-state index in [0.29, 0.717) is 29.5 Å². The summed E-state index contributed by atoms with van der Waals surface area (Å²) in [7, 11) is -3.64. The van der Waals surface area contributed by atoms with Crippen molar-refractivity contribution in [1.82, 2.24) is 14.3 Å². The van der Waals surface area contributed by atoms with Gasteiger partial charge < -0.3 is 0 Å². The van der Waals surface area contributed by atoms with Crippen molar-refractivity contribution in [3.05, 3.63) is 83.1 Å². The summed E-state index contributed by atoms with van der Waals surface area (Å²) >= 11 is 7.40. The second-order valence-corrected chi connectivity index (χ2v) is 12.2. The molecule has 1 aliphatic rings. The van der Waals surface area contributed by atoms with Crippen LogP contribution in [0.1, 0.15) is 24.1 Å². The van der Waals surface area contributed by atoms with Gasteiger partial charge in [0.05, 0.1) is 27.4 Å². The highest BCUT2D eigenvalue weighted by atomic mass is 35.5. The van der Waals surface area contributed by atoms with Crippen LogP contribution in [0, 0.1) is 12.8 Å². The summed E-state index contributed by atoms with van der Waals surface area (Å²) in [5.74, 6) is -0.362. The highest BCUT2D eigenvalue weighted by molar-refractivity contribution is 7.89. The van der Waals surface area contributed by atoms with Crippen molar-refractivity contribution in [1.29, 1.82) is 0 Å². The molecule has 0 saturated carbocycles. The van der Waals surface area contributed by atoms with Gasteiger partial charge >= 0.3 is 0 Å². The summed E-state index contributed by atoms with van der Waals surface area (Å²) in [6, 6.07) is 17.8. The first kappa shape index (κ1) is 24.8. The number of halogens is 1. The zero-order valence-electron chi connectivity index (χ0n) is 19.7. The molecule has 1 aliphatic heterocycles. The highest BCUT2D eigenvalue weighted by Gasteiger charge is 2.35. The molecule has 1 fully saturated rings. The van der Waals surface area contributed by atoms with Gasteiger partial charge in [-0.05, 0) is 67.8 Å². The Hall–Kier alpha value is -2.85. The average molecular weight is 541 g/mol. The highest BCUT2D eigenvalue weighted by Crippen LogP contribution is 2.34. The van der Waals surface area contributed by atoms with Gasteiger partial charge in [0, 0.05) is 30.2 Å². The Bertz CT molecular complexity index is 1480. The SMILES string of the molecule is Cc1cccc2sc(N(Cc3ccccn3)C(=O)C3CCN(S(=O)(=O)c4ccc(Cl)cc4)CC3)nc12. The van der Waals surface area contributed by atoms with Gasteiger partial charge in [-0.1, -0.05) is 41.1 Å². The molecule has 0 radical (unpaired) electrons. The van der Waals surface area contributed by atoms with Crippen molar-refractivity contribution in [2.45, 2.75) is 31.2 Å². The molecule has 0 N–H and O–H groups in total. The summed E-state index contributed by atoms with van der Waals surface area (Å²) in [4.78, 5) is 24.9. The van der Waals surface area contributed by atoms with E-state index in [1.54, 1.807) is 23.2 Å². The van der Waals surface area contributed by atoms with E-state index in [4.69, 9.17) is 16.6 Å². The zero-order chi connectivity index (χ0) is 25.3. The van der Waals surface area contributed by atoms with Gasteiger partial charge in [0.1, 0.15) is 0 Å². The lowest BCUT2D eigenvalue weighted by molar-refractivity contribution is -0.123. The predicted molar refractivity (Wildman–Crippen MR) is 143 cm³/mol. The minimum atomic E-state index is -3.64. The first-order chi connectivity index (χ1) is 17.3. The van der Waals surface area contributed by atoms with Crippen LogP contribution in [-0.2, 0) is 21.4 Å². The van der Waals surface area contributed by atoms with E-state index in [0.717, 1.165) is 21.5 Å². The van der Waals surface area contributed by atoms with E-state index in [9.17, 15) is 13.2 Å². The molecule has 5 rings (SSSR count). The number of carbonyl (C=O) groups is 1. The van der Waals surface area contributed by atoms with Crippen molar-refractivity contribution >= 4 is 54.2 Å². The Morgan fingerprint density at radius 2 is 1.83 bits per heavy atom. The molecule has 186 valence electrons. The van der Waals surface area contributed by atoms with Crippen molar-refractivity contribution in [3.8, 4) is 0 Å². The van der Waals surface area contributed by atoms with Gasteiger partial charge in [-0.3, -0.25) is 14.7 Å². The maximum Gasteiger partial charge on any atom is 0.243 e. The maximum atomic E-state index is 13.8. The van der Waals surface area contributed by atoms with Gasteiger partial charge in [-0.15, -0.1) is 0 Å². The molecule has 7 nitrogen and oxygen atoms in total. The van der Waals surface area contributed by atoms with Crippen LogP contribution in [-0.4, -0.2) is 41.7 Å². The van der Waals surface area contributed by atoms with Gasteiger partial charge in [0.15, 0.2) is 5.13 Å². The molecule has 10 heteroatoms. The fraction of sp³-hybridized carbons (Fsp3) is 0.269. The smallest absolute Gasteiger partial charge is 0.243 e. The number of benzene rings is 2. The number of para-hydroxylation sites is 1. The number of aromatic nitrogens is 2. The van der Waals surface area contributed by atoms with Crippen LogP contribution in [0.5, 0.6) is 0 Å². The lowest BCUT2D eigenvalue weighted by atomic mass is 9.96. The number of rotatable bonds is 6. The number of sulfonamides is 1. The molecule has 0 atom stereocenters. The maximum absolute atomic E-state index is 13.8. The van der Waals surface area contributed by atoms with Gasteiger partial charge in [0.2, 0.25) is 15.9 Å². The molecule has 2 aromatic heterocycles. The number of aryl methyl sites for hydroxylation is 1. The topological polar surface area (TPSA) is 83.5 Å². The standard InChI is InChI=1S/C26H25ClN4O3S2/c1-18-5-4-7-23-24(18)29-26(35-23)31(17-21-6-2-3-14-28-21)25(32)19-12-15-30(16-13-19)36(33,34)22-10-8-20(27)9-11-22/h2-11,14,19H,12-13,15-17H2,1H3. The molecule has 0 unspecified atom stereocenters. The number of thiazole rings is 1. The van der Waals surface area contributed by atoms with Gasteiger partial charge in [-0.2, -0.15) is 4.31 Å². The molecule has 36 heavy (non-hydrogen) atoms. The fourth-order valence-electron chi connectivity index (χ4n) is 4.40. The Balaban J connectivity index is 1.37. The zero-order valence-corrected chi connectivity index (χ0v) is 22.1. The van der Waals surface area contributed by atoms with Crippen LogP contribution < -0.4 is 4.90 Å². The molecule has 0 spiro atoms. The molecule has 0 aliphatic carbocycles. The molecular weight excluding hydrogens is 516 g/mol. The quantitative estimate of drug-likeness (QED) is 0.332. The van der Waals surface area contributed by atoms with Crippen molar-refractivity contribution < 1.29 is 13.2 Å².